The molecule has 20 heavy (non-hydrogen) atoms. The van der Waals surface area contributed by atoms with Gasteiger partial charge < -0.3 is 5.32 Å². The standard InChI is InChI=1S/C13H11F2N3O2/c1-8-6-16-13(5-12(8)18(19)20)17-7-9-2-3-10(14)11(15)4-9/h2-6H,7H2,1H3,(H,16,17). The molecular weight excluding hydrogens is 268 g/mol. The van der Waals surface area contributed by atoms with Gasteiger partial charge in [-0.05, 0) is 24.6 Å². The van der Waals surface area contributed by atoms with Crippen LogP contribution in [-0.4, -0.2) is 9.91 Å². The van der Waals surface area contributed by atoms with Gasteiger partial charge in [-0.2, -0.15) is 0 Å². The Kier molecular flexibility index (Phi) is 3.88. The molecular formula is C13H11F2N3O2. The number of halogens is 2. The fourth-order valence-corrected chi connectivity index (χ4v) is 1.65. The topological polar surface area (TPSA) is 68.1 Å². The monoisotopic (exact) mass is 279 g/mol. The van der Waals surface area contributed by atoms with E-state index in [0.717, 1.165) is 12.1 Å². The lowest BCUT2D eigenvalue weighted by molar-refractivity contribution is -0.385. The molecule has 0 unspecified atom stereocenters. The summed E-state index contributed by atoms with van der Waals surface area (Å²) in [6.07, 6.45) is 1.38. The summed E-state index contributed by atoms with van der Waals surface area (Å²) in [5.74, 6) is -1.56. The number of pyridine rings is 1. The summed E-state index contributed by atoms with van der Waals surface area (Å²) < 4.78 is 25.8. The smallest absolute Gasteiger partial charge is 0.277 e. The highest BCUT2D eigenvalue weighted by Crippen LogP contribution is 2.20. The van der Waals surface area contributed by atoms with E-state index < -0.39 is 16.6 Å². The molecule has 5 nitrogen and oxygen atoms in total. The van der Waals surface area contributed by atoms with Crippen LogP contribution in [0.1, 0.15) is 11.1 Å². The Hall–Kier alpha value is -2.57. The maximum absolute atomic E-state index is 13.0. The molecule has 0 aliphatic rings. The van der Waals surface area contributed by atoms with Crippen LogP contribution in [0, 0.1) is 28.7 Å². The minimum atomic E-state index is -0.938. The molecule has 2 aromatic rings. The third-order valence-corrected chi connectivity index (χ3v) is 2.73. The molecule has 0 bridgehead atoms. The number of rotatable bonds is 4. The first-order valence-corrected chi connectivity index (χ1v) is 5.76. The number of nitro groups is 1. The number of anilines is 1. The highest BCUT2D eigenvalue weighted by Gasteiger charge is 2.12. The lowest BCUT2D eigenvalue weighted by Crippen LogP contribution is -2.03. The molecule has 0 amide bonds. The number of aryl methyl sites for hydroxylation is 1. The Balaban J connectivity index is 2.12. The molecule has 0 saturated heterocycles. The third-order valence-electron chi connectivity index (χ3n) is 2.73. The van der Waals surface area contributed by atoms with Crippen molar-refractivity contribution in [3.8, 4) is 0 Å². The maximum atomic E-state index is 13.0. The summed E-state index contributed by atoms with van der Waals surface area (Å²) in [6.45, 7) is 1.77. The van der Waals surface area contributed by atoms with Crippen LogP contribution in [0.5, 0.6) is 0 Å². The molecule has 0 aliphatic carbocycles. The predicted molar refractivity (Wildman–Crippen MR) is 69.3 cm³/mol. The summed E-state index contributed by atoms with van der Waals surface area (Å²) in [5, 5.41) is 13.6. The van der Waals surface area contributed by atoms with Crippen LogP contribution < -0.4 is 5.32 Å². The molecule has 1 N–H and O–H groups in total. The summed E-state index contributed by atoms with van der Waals surface area (Å²) in [5.41, 5.74) is 0.912. The molecule has 104 valence electrons. The van der Waals surface area contributed by atoms with Crippen molar-refractivity contribution < 1.29 is 13.7 Å². The zero-order valence-electron chi connectivity index (χ0n) is 10.6. The zero-order valence-corrected chi connectivity index (χ0v) is 10.6. The largest absolute Gasteiger partial charge is 0.366 e. The van der Waals surface area contributed by atoms with Crippen LogP contribution in [0.3, 0.4) is 0 Å². The number of benzene rings is 1. The van der Waals surface area contributed by atoms with Crippen molar-refractivity contribution in [2.75, 3.05) is 5.32 Å². The van der Waals surface area contributed by atoms with E-state index in [1.165, 1.54) is 18.3 Å². The fourth-order valence-electron chi connectivity index (χ4n) is 1.65. The van der Waals surface area contributed by atoms with Crippen molar-refractivity contribution in [1.82, 2.24) is 4.98 Å². The lowest BCUT2D eigenvalue weighted by Gasteiger charge is -2.06. The molecule has 1 aromatic heterocycles. The van der Waals surface area contributed by atoms with Crippen molar-refractivity contribution in [1.29, 1.82) is 0 Å². The van der Waals surface area contributed by atoms with E-state index in [1.807, 2.05) is 0 Å². The van der Waals surface area contributed by atoms with E-state index >= 15 is 0 Å². The van der Waals surface area contributed by atoms with Gasteiger partial charge in [-0.15, -0.1) is 0 Å². The van der Waals surface area contributed by atoms with E-state index in [0.29, 0.717) is 16.9 Å². The van der Waals surface area contributed by atoms with Gasteiger partial charge in [0.1, 0.15) is 5.82 Å². The number of aromatic nitrogens is 1. The molecule has 1 aromatic carbocycles. The Labute approximate surface area is 113 Å². The second-order valence-corrected chi connectivity index (χ2v) is 4.22. The number of hydrogen-bond acceptors (Lipinski definition) is 4. The van der Waals surface area contributed by atoms with E-state index in [1.54, 1.807) is 6.92 Å². The van der Waals surface area contributed by atoms with Crippen molar-refractivity contribution in [2.24, 2.45) is 0 Å². The molecule has 0 fully saturated rings. The first kappa shape index (κ1) is 13.9. The Morgan fingerprint density at radius 3 is 2.70 bits per heavy atom. The molecule has 0 spiro atoms. The van der Waals surface area contributed by atoms with Gasteiger partial charge in [0.05, 0.1) is 11.0 Å². The molecule has 2 rings (SSSR count). The third kappa shape index (κ3) is 3.05. The van der Waals surface area contributed by atoms with Gasteiger partial charge in [-0.3, -0.25) is 10.1 Å². The zero-order chi connectivity index (χ0) is 14.7. The number of nitrogens with zero attached hydrogens (tertiary/aromatic N) is 2. The highest BCUT2D eigenvalue weighted by atomic mass is 19.2. The minimum absolute atomic E-state index is 0.0483. The van der Waals surface area contributed by atoms with E-state index in [4.69, 9.17) is 0 Å². The fraction of sp³-hybridized carbons (Fsp3) is 0.154. The Morgan fingerprint density at radius 1 is 1.30 bits per heavy atom. The summed E-state index contributed by atoms with van der Waals surface area (Å²) >= 11 is 0. The van der Waals surface area contributed by atoms with Gasteiger partial charge in [-0.1, -0.05) is 6.07 Å². The van der Waals surface area contributed by atoms with Gasteiger partial charge in [0.2, 0.25) is 0 Å². The molecule has 1 heterocycles. The summed E-state index contributed by atoms with van der Waals surface area (Å²) in [4.78, 5) is 14.3. The van der Waals surface area contributed by atoms with Crippen LogP contribution in [-0.2, 0) is 6.54 Å². The highest BCUT2D eigenvalue weighted by molar-refractivity contribution is 5.49. The normalized spacial score (nSPS) is 10.3. The summed E-state index contributed by atoms with van der Waals surface area (Å²) in [7, 11) is 0. The van der Waals surface area contributed by atoms with E-state index in [2.05, 4.69) is 10.3 Å². The quantitative estimate of drug-likeness (QED) is 0.689. The van der Waals surface area contributed by atoms with Gasteiger partial charge >= 0.3 is 0 Å². The van der Waals surface area contributed by atoms with Crippen molar-refractivity contribution >= 4 is 11.5 Å². The Morgan fingerprint density at radius 2 is 2.05 bits per heavy atom. The molecule has 0 atom stereocenters. The average molecular weight is 279 g/mol. The van der Waals surface area contributed by atoms with E-state index in [9.17, 15) is 18.9 Å². The van der Waals surface area contributed by atoms with E-state index in [-0.39, 0.29) is 12.2 Å². The Bertz CT molecular complexity index is 662. The number of hydrogen-bond donors (Lipinski definition) is 1. The molecule has 0 saturated carbocycles. The van der Waals surface area contributed by atoms with Crippen LogP contribution >= 0.6 is 0 Å². The second kappa shape index (κ2) is 5.60. The van der Waals surface area contributed by atoms with Gasteiger partial charge in [0.25, 0.3) is 5.69 Å². The first-order valence-electron chi connectivity index (χ1n) is 5.76. The van der Waals surface area contributed by atoms with Gasteiger partial charge in [0, 0.05) is 18.3 Å². The first-order chi connectivity index (χ1) is 9.47. The van der Waals surface area contributed by atoms with Crippen molar-refractivity contribution in [2.45, 2.75) is 13.5 Å². The summed E-state index contributed by atoms with van der Waals surface area (Å²) in [6, 6.07) is 4.81. The van der Waals surface area contributed by atoms with Gasteiger partial charge in [0.15, 0.2) is 11.6 Å². The SMILES string of the molecule is Cc1cnc(NCc2ccc(F)c(F)c2)cc1[N+](=O)[O-]. The predicted octanol–water partition coefficient (Wildman–Crippen LogP) is 3.19. The molecule has 0 aliphatic heterocycles. The van der Waals surface area contributed by atoms with Crippen LogP contribution in [0.25, 0.3) is 0 Å². The maximum Gasteiger partial charge on any atom is 0.277 e. The van der Waals surface area contributed by atoms with Crippen molar-refractivity contribution in [3.63, 3.8) is 0 Å². The molecule has 0 radical (unpaired) electrons. The average Bonchev–Trinajstić information content (AvgIpc) is 2.41. The van der Waals surface area contributed by atoms with Crippen LogP contribution in [0.15, 0.2) is 30.5 Å². The second-order valence-electron chi connectivity index (χ2n) is 4.22. The van der Waals surface area contributed by atoms with Gasteiger partial charge in [-0.25, -0.2) is 13.8 Å². The lowest BCUT2D eigenvalue weighted by atomic mass is 10.2. The number of nitrogens with one attached hydrogen (secondary N) is 1. The van der Waals surface area contributed by atoms with Crippen LogP contribution in [0.2, 0.25) is 0 Å². The van der Waals surface area contributed by atoms with Crippen LogP contribution in [0.4, 0.5) is 20.3 Å². The molecule has 7 heteroatoms. The minimum Gasteiger partial charge on any atom is -0.366 e. The van der Waals surface area contributed by atoms with Crippen molar-refractivity contribution in [3.05, 3.63) is 63.3 Å².